The quantitative estimate of drug-likeness (QED) is 0.850. The van der Waals surface area contributed by atoms with Crippen molar-refractivity contribution in [2.75, 3.05) is 20.1 Å². The van der Waals surface area contributed by atoms with E-state index in [0.29, 0.717) is 13.1 Å². The molecule has 0 N–H and O–H groups in total. The van der Waals surface area contributed by atoms with Crippen molar-refractivity contribution < 1.29 is 14.0 Å². The van der Waals surface area contributed by atoms with Crippen molar-refractivity contribution in [2.45, 2.75) is 38.6 Å². The summed E-state index contributed by atoms with van der Waals surface area (Å²) >= 11 is 0. The molecule has 5 heteroatoms. The minimum Gasteiger partial charge on any atom is -0.342 e. The minimum atomic E-state index is -0.271. The summed E-state index contributed by atoms with van der Waals surface area (Å²) in [5.41, 5.74) is 0.925. The number of benzene rings is 1. The van der Waals surface area contributed by atoms with Gasteiger partial charge in [-0.15, -0.1) is 0 Å². The van der Waals surface area contributed by atoms with Crippen LogP contribution in [-0.4, -0.2) is 41.8 Å². The van der Waals surface area contributed by atoms with Gasteiger partial charge in [0.25, 0.3) is 0 Å². The first-order valence-electron chi connectivity index (χ1n) is 8.78. The molecule has 1 heterocycles. The van der Waals surface area contributed by atoms with Crippen molar-refractivity contribution in [3.05, 3.63) is 35.6 Å². The van der Waals surface area contributed by atoms with Crippen molar-refractivity contribution in [1.82, 2.24) is 9.80 Å². The summed E-state index contributed by atoms with van der Waals surface area (Å²) < 4.78 is 13.1. The maximum absolute atomic E-state index is 13.1. The zero-order valence-electron chi connectivity index (χ0n) is 14.4. The third-order valence-electron chi connectivity index (χ3n) is 5.36. The highest BCUT2D eigenvalue weighted by molar-refractivity contribution is 5.82. The number of nitrogens with zero attached hydrogens (tertiary/aromatic N) is 2. The summed E-state index contributed by atoms with van der Waals surface area (Å²) in [7, 11) is 1.80. The van der Waals surface area contributed by atoms with E-state index in [2.05, 4.69) is 0 Å². The molecule has 0 radical (unpaired) electrons. The predicted octanol–water partition coefficient (Wildman–Crippen LogP) is 2.99. The third kappa shape index (κ3) is 3.60. The molecule has 1 aromatic carbocycles. The molecule has 130 valence electrons. The monoisotopic (exact) mass is 332 g/mol. The van der Waals surface area contributed by atoms with Crippen LogP contribution >= 0.6 is 0 Å². The van der Waals surface area contributed by atoms with Crippen LogP contribution in [0.25, 0.3) is 0 Å². The number of likely N-dealkylation sites (tertiary alicyclic amines) is 1. The molecule has 0 bridgehead atoms. The molecule has 0 aromatic heterocycles. The smallest absolute Gasteiger partial charge is 0.226 e. The summed E-state index contributed by atoms with van der Waals surface area (Å²) in [5.74, 6) is 0.339. The number of piperidine rings is 1. The average molecular weight is 332 g/mol. The second-order valence-corrected chi connectivity index (χ2v) is 7.05. The van der Waals surface area contributed by atoms with Crippen molar-refractivity contribution in [3.8, 4) is 0 Å². The Morgan fingerprint density at radius 3 is 2.21 bits per heavy atom. The van der Waals surface area contributed by atoms with Crippen LogP contribution in [0.1, 0.15) is 44.2 Å². The highest BCUT2D eigenvalue weighted by Gasteiger charge is 2.36. The van der Waals surface area contributed by atoms with Gasteiger partial charge in [0.05, 0.1) is 6.04 Å². The van der Waals surface area contributed by atoms with E-state index in [-0.39, 0.29) is 35.5 Å². The highest BCUT2D eigenvalue weighted by Crippen LogP contribution is 2.33. The van der Waals surface area contributed by atoms with Gasteiger partial charge in [-0.05, 0) is 50.3 Å². The molecule has 1 atom stereocenters. The molecule has 2 aliphatic rings. The lowest BCUT2D eigenvalue weighted by Crippen LogP contribution is -2.44. The summed E-state index contributed by atoms with van der Waals surface area (Å²) in [6, 6.07) is 6.20. The minimum absolute atomic E-state index is 0.0267. The Kier molecular flexibility index (Phi) is 4.88. The maximum Gasteiger partial charge on any atom is 0.226 e. The molecular formula is C19H25FN2O2. The molecule has 4 nitrogen and oxygen atoms in total. The topological polar surface area (TPSA) is 40.6 Å². The van der Waals surface area contributed by atoms with Crippen molar-refractivity contribution in [2.24, 2.45) is 11.8 Å². The zero-order valence-corrected chi connectivity index (χ0v) is 14.4. The first kappa shape index (κ1) is 16.9. The molecule has 1 saturated carbocycles. The second kappa shape index (κ2) is 6.91. The van der Waals surface area contributed by atoms with Gasteiger partial charge in [0.2, 0.25) is 11.8 Å². The van der Waals surface area contributed by atoms with E-state index in [1.807, 2.05) is 11.8 Å². The number of carbonyl (C=O) groups excluding carboxylic acids is 2. The van der Waals surface area contributed by atoms with Gasteiger partial charge in [-0.2, -0.15) is 0 Å². The Labute approximate surface area is 142 Å². The van der Waals surface area contributed by atoms with Crippen LogP contribution < -0.4 is 0 Å². The van der Waals surface area contributed by atoms with Crippen molar-refractivity contribution >= 4 is 11.8 Å². The predicted molar refractivity (Wildman–Crippen MR) is 89.6 cm³/mol. The van der Waals surface area contributed by atoms with E-state index < -0.39 is 0 Å². The molecule has 2 fully saturated rings. The van der Waals surface area contributed by atoms with Crippen LogP contribution in [0.15, 0.2) is 24.3 Å². The van der Waals surface area contributed by atoms with Crippen LogP contribution in [0.5, 0.6) is 0 Å². The van der Waals surface area contributed by atoms with E-state index in [9.17, 15) is 14.0 Å². The number of amides is 2. The summed E-state index contributed by atoms with van der Waals surface area (Å²) in [4.78, 5) is 28.5. The van der Waals surface area contributed by atoms with Gasteiger partial charge in [0.1, 0.15) is 5.82 Å². The fraction of sp³-hybridized carbons (Fsp3) is 0.579. The van der Waals surface area contributed by atoms with Crippen LogP contribution in [0.4, 0.5) is 4.39 Å². The SMILES string of the molecule is CC(c1ccc(F)cc1)N(C)C(=O)C1CCN(C(=O)C2CC2)CC1. The van der Waals surface area contributed by atoms with Gasteiger partial charge in [0.15, 0.2) is 0 Å². The number of carbonyl (C=O) groups is 2. The molecule has 1 aliphatic heterocycles. The lowest BCUT2D eigenvalue weighted by atomic mass is 9.94. The molecule has 24 heavy (non-hydrogen) atoms. The molecule has 1 aromatic rings. The van der Waals surface area contributed by atoms with E-state index in [1.165, 1.54) is 12.1 Å². The van der Waals surface area contributed by atoms with Crippen molar-refractivity contribution in [3.63, 3.8) is 0 Å². The fourth-order valence-electron chi connectivity index (χ4n) is 3.38. The van der Waals surface area contributed by atoms with Gasteiger partial charge < -0.3 is 9.80 Å². The first-order valence-corrected chi connectivity index (χ1v) is 8.78. The molecule has 2 amide bonds. The Morgan fingerprint density at radius 1 is 1.08 bits per heavy atom. The molecule has 3 rings (SSSR count). The van der Waals surface area contributed by atoms with Gasteiger partial charge in [-0.25, -0.2) is 4.39 Å². The lowest BCUT2D eigenvalue weighted by Gasteiger charge is -2.35. The van der Waals surface area contributed by atoms with Gasteiger partial charge >= 0.3 is 0 Å². The molecular weight excluding hydrogens is 307 g/mol. The van der Waals surface area contributed by atoms with Crippen molar-refractivity contribution in [1.29, 1.82) is 0 Å². The maximum atomic E-state index is 13.1. The fourth-order valence-corrected chi connectivity index (χ4v) is 3.38. The van der Waals surface area contributed by atoms with E-state index in [0.717, 1.165) is 31.2 Å². The Hall–Kier alpha value is -1.91. The van der Waals surface area contributed by atoms with Crippen LogP contribution in [0.2, 0.25) is 0 Å². The average Bonchev–Trinajstić information content (AvgIpc) is 3.45. The van der Waals surface area contributed by atoms with Gasteiger partial charge in [-0.1, -0.05) is 12.1 Å². The summed E-state index contributed by atoms with van der Waals surface area (Å²) in [6.45, 7) is 3.33. The number of rotatable bonds is 4. The van der Waals surface area contributed by atoms with E-state index in [1.54, 1.807) is 24.1 Å². The Morgan fingerprint density at radius 2 is 1.67 bits per heavy atom. The van der Waals surface area contributed by atoms with Crippen LogP contribution in [-0.2, 0) is 9.59 Å². The normalized spacial score (nSPS) is 19.9. The van der Waals surface area contributed by atoms with Gasteiger partial charge in [0, 0.05) is 32.0 Å². The molecule has 0 spiro atoms. The second-order valence-electron chi connectivity index (χ2n) is 7.05. The lowest BCUT2D eigenvalue weighted by molar-refractivity contribution is -0.141. The standard InChI is InChI=1S/C19H25FN2O2/c1-13(14-5-7-17(20)8-6-14)21(2)18(23)16-9-11-22(12-10-16)19(24)15-3-4-15/h5-8,13,15-16H,3-4,9-12H2,1-2H3. The number of hydrogen-bond donors (Lipinski definition) is 0. The number of halogens is 1. The summed E-state index contributed by atoms with van der Waals surface area (Å²) in [6.07, 6.45) is 3.51. The highest BCUT2D eigenvalue weighted by atomic mass is 19.1. The van der Waals surface area contributed by atoms with E-state index in [4.69, 9.17) is 0 Å². The van der Waals surface area contributed by atoms with Crippen LogP contribution in [0.3, 0.4) is 0 Å². The third-order valence-corrected chi connectivity index (χ3v) is 5.36. The zero-order chi connectivity index (χ0) is 17.3. The molecule has 1 unspecified atom stereocenters. The van der Waals surface area contributed by atoms with E-state index >= 15 is 0 Å². The first-order chi connectivity index (χ1) is 11.5. The number of hydrogen-bond acceptors (Lipinski definition) is 2. The molecule has 1 aliphatic carbocycles. The van der Waals surface area contributed by atoms with Crippen LogP contribution in [0, 0.1) is 17.7 Å². The summed E-state index contributed by atoms with van der Waals surface area (Å²) in [5, 5.41) is 0. The Balaban J connectivity index is 1.55. The molecule has 1 saturated heterocycles. The Bertz CT molecular complexity index is 604. The van der Waals surface area contributed by atoms with Gasteiger partial charge in [-0.3, -0.25) is 9.59 Å². The largest absolute Gasteiger partial charge is 0.342 e.